The van der Waals surface area contributed by atoms with Crippen molar-refractivity contribution in [1.82, 2.24) is 4.98 Å². The number of ether oxygens (including phenoxy) is 1. The zero-order valence-corrected chi connectivity index (χ0v) is 10.8. The van der Waals surface area contributed by atoms with Crippen molar-refractivity contribution in [3.8, 4) is 5.88 Å². The van der Waals surface area contributed by atoms with Gasteiger partial charge in [-0.25, -0.2) is 9.37 Å². The Morgan fingerprint density at radius 2 is 2.28 bits per heavy atom. The average Bonchev–Trinajstić information content (AvgIpc) is 2.34. The molecule has 0 aromatic carbocycles. The highest BCUT2D eigenvalue weighted by molar-refractivity contribution is 8.13. The fraction of sp³-hybridized carbons (Fsp3) is 0.455. The van der Waals surface area contributed by atoms with Crippen molar-refractivity contribution >= 4 is 16.9 Å². The van der Waals surface area contributed by atoms with Crippen LogP contribution in [0.5, 0.6) is 5.88 Å². The average molecular weight is 275 g/mol. The predicted molar refractivity (Wildman–Crippen MR) is 64.9 cm³/mol. The summed E-state index contributed by atoms with van der Waals surface area (Å²) in [6.07, 6.45) is -1.63. The van der Waals surface area contributed by atoms with Crippen LogP contribution in [0.2, 0.25) is 0 Å². The first-order valence-corrected chi connectivity index (χ1v) is 6.13. The second-order valence-electron chi connectivity index (χ2n) is 3.57. The third kappa shape index (κ3) is 3.94. The summed E-state index contributed by atoms with van der Waals surface area (Å²) >= 11 is 0.876. The summed E-state index contributed by atoms with van der Waals surface area (Å²) in [4.78, 5) is 14.4. The van der Waals surface area contributed by atoms with Crippen molar-refractivity contribution in [2.45, 2.75) is 19.1 Å². The van der Waals surface area contributed by atoms with E-state index in [4.69, 9.17) is 4.74 Å². The molecule has 0 fully saturated rings. The van der Waals surface area contributed by atoms with Crippen molar-refractivity contribution in [3.05, 3.63) is 23.6 Å². The highest BCUT2D eigenvalue weighted by atomic mass is 32.2. The molecule has 1 heterocycles. The summed E-state index contributed by atoms with van der Waals surface area (Å²) in [6.45, 7) is 1.36. The lowest BCUT2D eigenvalue weighted by molar-refractivity contribution is -0.109. The third-order valence-corrected chi connectivity index (χ3v) is 3.09. The molecule has 2 N–H and O–H groups in total. The number of aliphatic hydroxyl groups is 2. The van der Waals surface area contributed by atoms with E-state index in [2.05, 4.69) is 4.98 Å². The maximum absolute atomic E-state index is 13.1. The molecule has 1 aromatic rings. The van der Waals surface area contributed by atoms with Gasteiger partial charge in [-0.2, -0.15) is 0 Å². The first kappa shape index (κ1) is 14.9. The van der Waals surface area contributed by atoms with Crippen molar-refractivity contribution in [2.75, 3.05) is 12.9 Å². The molecule has 18 heavy (non-hydrogen) atoms. The van der Waals surface area contributed by atoms with E-state index in [1.165, 1.54) is 14.0 Å². The van der Waals surface area contributed by atoms with Gasteiger partial charge in [0.05, 0.1) is 19.4 Å². The molecule has 0 aliphatic rings. The highest BCUT2D eigenvalue weighted by Crippen LogP contribution is 2.27. The van der Waals surface area contributed by atoms with E-state index in [1.807, 2.05) is 0 Å². The Morgan fingerprint density at radius 3 is 2.83 bits per heavy atom. The van der Waals surface area contributed by atoms with Gasteiger partial charge in [0.1, 0.15) is 11.9 Å². The van der Waals surface area contributed by atoms with Crippen LogP contribution in [-0.4, -0.2) is 39.3 Å². The number of halogens is 1. The molecule has 0 radical (unpaired) electrons. The summed E-state index contributed by atoms with van der Waals surface area (Å²) in [5.41, 5.74) is 0.0501. The fourth-order valence-corrected chi connectivity index (χ4v) is 1.91. The van der Waals surface area contributed by atoms with E-state index in [9.17, 15) is 19.4 Å². The van der Waals surface area contributed by atoms with Crippen LogP contribution in [0, 0.1) is 5.82 Å². The number of hydrogen-bond donors (Lipinski definition) is 2. The summed E-state index contributed by atoms with van der Waals surface area (Å²) in [7, 11) is 1.33. The van der Waals surface area contributed by atoms with Crippen LogP contribution < -0.4 is 4.74 Å². The molecule has 7 heteroatoms. The van der Waals surface area contributed by atoms with Gasteiger partial charge in [0, 0.05) is 18.2 Å². The van der Waals surface area contributed by atoms with Crippen LogP contribution >= 0.6 is 11.8 Å². The first-order valence-electron chi connectivity index (χ1n) is 5.14. The minimum Gasteiger partial charge on any atom is -0.481 e. The summed E-state index contributed by atoms with van der Waals surface area (Å²) in [5.74, 6) is -0.595. The van der Waals surface area contributed by atoms with E-state index < -0.39 is 18.0 Å². The molecule has 0 spiro atoms. The summed E-state index contributed by atoms with van der Waals surface area (Å²) in [5, 5.41) is 19.4. The molecule has 0 saturated carbocycles. The van der Waals surface area contributed by atoms with Crippen molar-refractivity contribution in [1.29, 1.82) is 0 Å². The first-order chi connectivity index (χ1) is 8.45. The number of carbonyl (C=O) groups excluding carboxylic acids is 1. The lowest BCUT2D eigenvalue weighted by Crippen LogP contribution is -2.22. The zero-order chi connectivity index (χ0) is 13.7. The van der Waals surface area contributed by atoms with Crippen LogP contribution in [0.4, 0.5) is 4.39 Å². The largest absolute Gasteiger partial charge is 0.481 e. The minimum atomic E-state index is -1.37. The van der Waals surface area contributed by atoms with Crippen LogP contribution in [0.15, 0.2) is 12.3 Å². The topological polar surface area (TPSA) is 79.7 Å². The molecule has 5 nitrogen and oxygen atoms in total. The molecule has 1 aromatic heterocycles. The number of aromatic nitrogens is 1. The highest BCUT2D eigenvalue weighted by Gasteiger charge is 2.23. The van der Waals surface area contributed by atoms with Crippen molar-refractivity contribution in [2.24, 2.45) is 0 Å². The van der Waals surface area contributed by atoms with Crippen molar-refractivity contribution in [3.63, 3.8) is 0 Å². The number of nitrogens with zero attached hydrogens (tertiary/aromatic N) is 1. The molecule has 2 unspecified atom stereocenters. The number of carbonyl (C=O) groups is 1. The molecule has 2 atom stereocenters. The van der Waals surface area contributed by atoms with Gasteiger partial charge in [-0.1, -0.05) is 11.8 Å². The maximum Gasteiger partial charge on any atom is 0.219 e. The van der Waals surface area contributed by atoms with E-state index in [0.717, 1.165) is 24.0 Å². The second-order valence-corrected chi connectivity index (χ2v) is 4.76. The van der Waals surface area contributed by atoms with Gasteiger partial charge in [0.15, 0.2) is 5.12 Å². The molecule has 0 aliphatic carbocycles. The molecular formula is C11H14FNO4S. The van der Waals surface area contributed by atoms with Gasteiger partial charge in [-0.05, 0) is 6.07 Å². The quantitative estimate of drug-likeness (QED) is 0.831. The third-order valence-electron chi connectivity index (χ3n) is 2.18. The molecule has 0 bridgehead atoms. The fourth-order valence-electron chi connectivity index (χ4n) is 1.33. The van der Waals surface area contributed by atoms with E-state index >= 15 is 0 Å². The molecule has 0 amide bonds. The standard InChI is InChI=1S/C11H14FNO4S/c1-6(14)18-5-9(15)10(16)8-3-7(12)4-13-11(8)17-2/h3-4,9-10,15-16H,5H2,1-2H3. The maximum atomic E-state index is 13.1. The smallest absolute Gasteiger partial charge is 0.219 e. The van der Waals surface area contributed by atoms with E-state index in [1.54, 1.807) is 0 Å². The molecule has 0 aliphatic heterocycles. The van der Waals surface area contributed by atoms with Gasteiger partial charge in [0.2, 0.25) is 5.88 Å². The lowest BCUT2D eigenvalue weighted by Gasteiger charge is -2.18. The molecule has 1 rings (SSSR count). The van der Waals surface area contributed by atoms with Crippen molar-refractivity contribution < 1.29 is 24.1 Å². The van der Waals surface area contributed by atoms with Gasteiger partial charge in [0.25, 0.3) is 0 Å². The Kier molecular flexibility index (Phi) is 5.52. The number of thioether (sulfide) groups is 1. The predicted octanol–water partition coefficient (Wildman–Crippen LogP) is 0.903. The zero-order valence-electron chi connectivity index (χ0n) is 9.96. The summed E-state index contributed by atoms with van der Waals surface area (Å²) in [6, 6.07) is 1.04. The van der Waals surface area contributed by atoms with E-state index in [-0.39, 0.29) is 22.3 Å². The normalized spacial score (nSPS) is 14.1. The minimum absolute atomic E-state index is 0.0101. The van der Waals surface area contributed by atoms with Crippen LogP contribution in [-0.2, 0) is 4.79 Å². The molecular weight excluding hydrogens is 261 g/mol. The second kappa shape index (κ2) is 6.67. The van der Waals surface area contributed by atoms with Crippen LogP contribution in [0.3, 0.4) is 0 Å². The van der Waals surface area contributed by atoms with Crippen LogP contribution in [0.1, 0.15) is 18.6 Å². The van der Waals surface area contributed by atoms with E-state index in [0.29, 0.717) is 0 Å². The summed E-state index contributed by atoms with van der Waals surface area (Å²) < 4.78 is 17.9. The molecule has 0 saturated heterocycles. The Hall–Kier alpha value is -1.18. The Balaban J connectivity index is 2.84. The number of aliphatic hydroxyl groups excluding tert-OH is 2. The van der Waals surface area contributed by atoms with Crippen LogP contribution in [0.25, 0.3) is 0 Å². The van der Waals surface area contributed by atoms with Gasteiger partial charge in [-0.15, -0.1) is 0 Å². The molecule has 100 valence electrons. The number of hydrogen-bond acceptors (Lipinski definition) is 6. The Bertz CT molecular complexity index is 430. The van der Waals surface area contributed by atoms with Gasteiger partial charge >= 0.3 is 0 Å². The number of methoxy groups -OCH3 is 1. The number of rotatable bonds is 5. The van der Waals surface area contributed by atoms with Gasteiger partial charge < -0.3 is 14.9 Å². The Morgan fingerprint density at radius 1 is 1.61 bits per heavy atom. The van der Waals surface area contributed by atoms with Gasteiger partial charge in [-0.3, -0.25) is 4.79 Å². The lowest BCUT2D eigenvalue weighted by atomic mass is 10.1. The Labute approximate surface area is 108 Å². The monoisotopic (exact) mass is 275 g/mol. The number of pyridine rings is 1. The SMILES string of the molecule is COc1ncc(F)cc1C(O)C(O)CSC(C)=O.